The number of hydrogen-bond acceptors (Lipinski definition) is 3. The lowest BCUT2D eigenvalue weighted by Gasteiger charge is -2.15. The Labute approximate surface area is 105 Å². The van der Waals surface area contributed by atoms with Crippen LogP contribution in [0.25, 0.3) is 11.0 Å². The van der Waals surface area contributed by atoms with Crippen molar-refractivity contribution in [1.29, 1.82) is 0 Å². The van der Waals surface area contributed by atoms with E-state index in [-0.39, 0.29) is 5.41 Å². The predicted octanol–water partition coefficient (Wildman–Crippen LogP) is 2.27. The molecule has 2 rings (SSSR count). The van der Waals surface area contributed by atoms with Crippen LogP contribution in [-0.4, -0.2) is 21.1 Å². The number of carbonyl (C=O) groups is 1. The highest BCUT2D eigenvalue weighted by atomic mass is 16.5. The summed E-state index contributed by atoms with van der Waals surface area (Å²) in [6.07, 6.45) is 0.837. The maximum atomic E-state index is 11.3. The van der Waals surface area contributed by atoms with Gasteiger partial charge >= 0.3 is 0 Å². The molecule has 18 heavy (non-hydrogen) atoms. The molecule has 1 aromatic carbocycles. The standard InChI is InChI=1S/C13H17N3O2/c1-13(2,3)7-11-14-9-5-4-8(12(17)16-18)6-10(9)15-11/h4-6,18H,7H2,1-3H3,(H,14,15)(H,16,17). The normalized spacial score (nSPS) is 11.8. The molecule has 0 aliphatic rings. The van der Waals surface area contributed by atoms with E-state index in [1.807, 2.05) is 0 Å². The van der Waals surface area contributed by atoms with Crippen LogP contribution in [0.4, 0.5) is 0 Å². The molecule has 0 aliphatic heterocycles. The van der Waals surface area contributed by atoms with Crippen molar-refractivity contribution < 1.29 is 10.0 Å². The van der Waals surface area contributed by atoms with Crippen LogP contribution in [0.3, 0.4) is 0 Å². The van der Waals surface area contributed by atoms with Crippen molar-refractivity contribution in [3.8, 4) is 0 Å². The molecule has 96 valence electrons. The molecular formula is C13H17N3O2. The lowest BCUT2D eigenvalue weighted by Crippen LogP contribution is -2.18. The van der Waals surface area contributed by atoms with Crippen LogP contribution in [0.15, 0.2) is 18.2 Å². The third kappa shape index (κ3) is 2.68. The summed E-state index contributed by atoms with van der Waals surface area (Å²) in [6, 6.07) is 5.08. The number of imidazole rings is 1. The number of H-pyrrole nitrogens is 1. The van der Waals surface area contributed by atoms with Gasteiger partial charge in [-0.1, -0.05) is 20.8 Å². The zero-order valence-corrected chi connectivity index (χ0v) is 10.7. The Morgan fingerprint density at radius 2 is 2.17 bits per heavy atom. The van der Waals surface area contributed by atoms with Gasteiger partial charge in [0.1, 0.15) is 5.82 Å². The van der Waals surface area contributed by atoms with E-state index in [9.17, 15) is 4.79 Å². The minimum absolute atomic E-state index is 0.152. The first kappa shape index (κ1) is 12.6. The van der Waals surface area contributed by atoms with Crippen molar-refractivity contribution in [2.45, 2.75) is 27.2 Å². The Morgan fingerprint density at radius 3 is 2.78 bits per heavy atom. The molecule has 5 nitrogen and oxygen atoms in total. The smallest absolute Gasteiger partial charge is 0.274 e. The summed E-state index contributed by atoms with van der Waals surface area (Å²) in [5.74, 6) is 0.378. The molecule has 0 unspecified atom stereocenters. The summed E-state index contributed by atoms with van der Waals surface area (Å²) in [6.45, 7) is 6.43. The van der Waals surface area contributed by atoms with Crippen LogP contribution in [0.1, 0.15) is 37.0 Å². The predicted molar refractivity (Wildman–Crippen MR) is 68.5 cm³/mol. The maximum absolute atomic E-state index is 11.3. The second kappa shape index (κ2) is 4.42. The summed E-state index contributed by atoms with van der Waals surface area (Å²) in [5, 5.41) is 8.59. The summed E-state index contributed by atoms with van der Waals surface area (Å²) in [5.41, 5.74) is 3.79. The van der Waals surface area contributed by atoms with Gasteiger partial charge in [-0.2, -0.15) is 0 Å². The van der Waals surface area contributed by atoms with Crippen molar-refractivity contribution in [2.24, 2.45) is 5.41 Å². The summed E-state index contributed by atoms with van der Waals surface area (Å²) >= 11 is 0. The molecule has 0 fully saturated rings. The average Bonchev–Trinajstić information content (AvgIpc) is 2.66. The molecule has 1 amide bonds. The second-order valence-corrected chi connectivity index (χ2v) is 5.59. The van der Waals surface area contributed by atoms with E-state index in [0.29, 0.717) is 5.56 Å². The SMILES string of the molecule is CC(C)(C)Cc1nc2ccc(C(=O)NO)cc2[nH]1. The highest BCUT2D eigenvalue weighted by Crippen LogP contribution is 2.21. The van der Waals surface area contributed by atoms with Crippen molar-refractivity contribution in [1.82, 2.24) is 15.4 Å². The van der Waals surface area contributed by atoms with E-state index in [0.717, 1.165) is 23.3 Å². The minimum Gasteiger partial charge on any atom is -0.342 e. The van der Waals surface area contributed by atoms with Crippen LogP contribution >= 0.6 is 0 Å². The van der Waals surface area contributed by atoms with Gasteiger partial charge in [0.15, 0.2) is 0 Å². The zero-order valence-electron chi connectivity index (χ0n) is 10.7. The van der Waals surface area contributed by atoms with Crippen molar-refractivity contribution >= 4 is 16.9 Å². The fourth-order valence-corrected chi connectivity index (χ4v) is 1.85. The maximum Gasteiger partial charge on any atom is 0.274 e. The van der Waals surface area contributed by atoms with Gasteiger partial charge < -0.3 is 4.98 Å². The molecule has 1 aromatic heterocycles. The van der Waals surface area contributed by atoms with E-state index in [2.05, 4.69) is 30.7 Å². The number of hydrogen-bond donors (Lipinski definition) is 3. The molecule has 0 saturated heterocycles. The van der Waals surface area contributed by atoms with Crippen molar-refractivity contribution in [3.05, 3.63) is 29.6 Å². The van der Waals surface area contributed by atoms with Crippen LogP contribution in [0.5, 0.6) is 0 Å². The van der Waals surface area contributed by atoms with E-state index < -0.39 is 5.91 Å². The lowest BCUT2D eigenvalue weighted by atomic mass is 9.92. The highest BCUT2D eigenvalue weighted by Gasteiger charge is 2.15. The Hall–Kier alpha value is -1.88. The zero-order chi connectivity index (χ0) is 13.3. The van der Waals surface area contributed by atoms with Crippen LogP contribution in [0, 0.1) is 5.41 Å². The first-order valence-corrected chi connectivity index (χ1v) is 5.82. The van der Waals surface area contributed by atoms with Gasteiger partial charge in [-0.05, 0) is 23.6 Å². The quantitative estimate of drug-likeness (QED) is 0.562. The topological polar surface area (TPSA) is 78.0 Å². The van der Waals surface area contributed by atoms with Crippen molar-refractivity contribution in [3.63, 3.8) is 0 Å². The van der Waals surface area contributed by atoms with Crippen molar-refractivity contribution in [2.75, 3.05) is 0 Å². The molecule has 0 atom stereocenters. The number of nitrogens with zero attached hydrogens (tertiary/aromatic N) is 1. The average molecular weight is 247 g/mol. The number of nitrogens with one attached hydrogen (secondary N) is 2. The third-order valence-corrected chi connectivity index (χ3v) is 2.59. The molecule has 0 bridgehead atoms. The first-order chi connectivity index (χ1) is 8.39. The monoisotopic (exact) mass is 247 g/mol. The number of amides is 1. The molecule has 0 saturated carbocycles. The molecule has 2 aromatic rings. The first-order valence-electron chi connectivity index (χ1n) is 5.82. The van der Waals surface area contributed by atoms with Gasteiger partial charge in [0.05, 0.1) is 11.0 Å². The van der Waals surface area contributed by atoms with Crippen LogP contribution in [-0.2, 0) is 6.42 Å². The largest absolute Gasteiger partial charge is 0.342 e. The number of hydroxylamine groups is 1. The highest BCUT2D eigenvalue weighted by molar-refractivity contribution is 5.96. The van der Waals surface area contributed by atoms with Gasteiger partial charge in [0, 0.05) is 12.0 Å². The number of carbonyl (C=O) groups excluding carboxylic acids is 1. The van der Waals surface area contributed by atoms with E-state index in [1.54, 1.807) is 23.7 Å². The van der Waals surface area contributed by atoms with Gasteiger partial charge in [-0.15, -0.1) is 0 Å². The number of fused-ring (bicyclic) bond motifs is 1. The van der Waals surface area contributed by atoms with Gasteiger partial charge in [0.2, 0.25) is 0 Å². The Kier molecular flexibility index (Phi) is 3.09. The van der Waals surface area contributed by atoms with Gasteiger partial charge in [0.25, 0.3) is 5.91 Å². The Balaban J connectivity index is 2.37. The number of aromatic amines is 1. The van der Waals surface area contributed by atoms with E-state index in [1.165, 1.54) is 0 Å². The molecular weight excluding hydrogens is 230 g/mol. The van der Waals surface area contributed by atoms with Gasteiger partial charge in [-0.25, -0.2) is 10.5 Å². The molecule has 3 N–H and O–H groups in total. The lowest BCUT2D eigenvalue weighted by molar-refractivity contribution is 0.0706. The van der Waals surface area contributed by atoms with E-state index >= 15 is 0 Å². The summed E-state index contributed by atoms with van der Waals surface area (Å²) in [7, 11) is 0. The number of rotatable bonds is 2. The minimum atomic E-state index is -0.524. The fourth-order valence-electron chi connectivity index (χ4n) is 1.85. The third-order valence-electron chi connectivity index (χ3n) is 2.59. The number of benzene rings is 1. The molecule has 0 radical (unpaired) electrons. The summed E-state index contributed by atoms with van der Waals surface area (Å²) in [4.78, 5) is 19.0. The summed E-state index contributed by atoms with van der Waals surface area (Å²) < 4.78 is 0. The van der Waals surface area contributed by atoms with Crippen LogP contribution < -0.4 is 5.48 Å². The second-order valence-electron chi connectivity index (χ2n) is 5.59. The number of aromatic nitrogens is 2. The van der Waals surface area contributed by atoms with Crippen LogP contribution in [0.2, 0.25) is 0 Å². The molecule has 0 spiro atoms. The molecule has 1 heterocycles. The fraction of sp³-hybridized carbons (Fsp3) is 0.385. The molecule has 5 heteroatoms. The van der Waals surface area contributed by atoms with Gasteiger partial charge in [-0.3, -0.25) is 10.0 Å². The Morgan fingerprint density at radius 1 is 1.44 bits per heavy atom. The van der Waals surface area contributed by atoms with E-state index in [4.69, 9.17) is 5.21 Å². The molecule has 0 aliphatic carbocycles. The Bertz CT molecular complexity index is 581.